The van der Waals surface area contributed by atoms with Crippen LogP contribution in [0.4, 0.5) is 0 Å². The molecular weight excluding hydrogens is 402 g/mol. The summed E-state index contributed by atoms with van der Waals surface area (Å²) in [7, 11) is 0. The molecule has 156 valence electrons. The Labute approximate surface area is 181 Å². The van der Waals surface area contributed by atoms with Gasteiger partial charge in [0.25, 0.3) is 0 Å². The largest absolute Gasteiger partial charge is 0.490 e. The van der Waals surface area contributed by atoms with Crippen molar-refractivity contribution in [1.29, 1.82) is 0 Å². The van der Waals surface area contributed by atoms with Gasteiger partial charge < -0.3 is 19.2 Å². The first-order chi connectivity index (χ1) is 14.2. The van der Waals surface area contributed by atoms with Gasteiger partial charge in [-0.1, -0.05) is 24.3 Å². The van der Waals surface area contributed by atoms with E-state index >= 15 is 0 Å². The minimum atomic E-state index is -0.415. The molecule has 0 amide bonds. The summed E-state index contributed by atoms with van der Waals surface area (Å²) in [6.07, 6.45) is 5.38. The van der Waals surface area contributed by atoms with Gasteiger partial charge in [0.15, 0.2) is 0 Å². The molecule has 2 saturated heterocycles. The number of fused-ring (bicyclic) bond motifs is 4. The van der Waals surface area contributed by atoms with E-state index in [-0.39, 0.29) is 24.5 Å². The number of esters is 1. The van der Waals surface area contributed by atoms with Crippen LogP contribution in [0.3, 0.4) is 0 Å². The molecule has 0 aliphatic carbocycles. The van der Waals surface area contributed by atoms with E-state index in [2.05, 4.69) is 5.32 Å². The van der Waals surface area contributed by atoms with Crippen LogP contribution in [0, 0.1) is 0 Å². The molecular formula is C24H24ClNO4. The second-order valence-electron chi connectivity index (χ2n) is 8.48. The zero-order valence-electron chi connectivity index (χ0n) is 16.5. The molecule has 1 aromatic heterocycles. The topological polar surface area (TPSA) is 60.7 Å². The van der Waals surface area contributed by atoms with Gasteiger partial charge in [0, 0.05) is 23.5 Å². The standard InChI is InChI=1S/C24H23NO4.ClH/c26-24-20(23-10-14-3-1-2-4-21(14)28-23)9-15-5-8-18(13-22(15)29-24)27-19-11-16-6-7-17(12-19)25-16;/h1-5,8,10,13,16-17,19-20,25H,6-7,9,11-12H2;1H. The zero-order valence-corrected chi connectivity index (χ0v) is 17.3. The Kier molecular flexibility index (Phi) is 4.95. The molecule has 3 unspecified atom stereocenters. The fourth-order valence-corrected chi connectivity index (χ4v) is 5.04. The number of halogens is 1. The van der Waals surface area contributed by atoms with E-state index in [4.69, 9.17) is 13.9 Å². The molecule has 1 N–H and O–H groups in total. The number of carbonyl (C=O) groups is 1. The number of nitrogens with one attached hydrogen (secondary N) is 1. The van der Waals surface area contributed by atoms with E-state index in [1.165, 1.54) is 12.8 Å². The fraction of sp³-hybridized carbons (Fsp3) is 0.375. The molecule has 6 heteroatoms. The van der Waals surface area contributed by atoms with Crippen LogP contribution in [0.15, 0.2) is 52.9 Å². The Hall–Kier alpha value is -2.50. The summed E-state index contributed by atoms with van der Waals surface area (Å²) in [5.74, 6) is 1.37. The highest BCUT2D eigenvalue weighted by atomic mass is 35.5. The Morgan fingerprint density at radius 2 is 1.80 bits per heavy atom. The van der Waals surface area contributed by atoms with Crippen molar-refractivity contribution >= 4 is 29.3 Å². The summed E-state index contributed by atoms with van der Waals surface area (Å²) < 4.78 is 17.8. The van der Waals surface area contributed by atoms with Crippen LogP contribution in [0.25, 0.3) is 11.0 Å². The lowest BCUT2D eigenvalue weighted by Crippen LogP contribution is -2.42. The van der Waals surface area contributed by atoms with Gasteiger partial charge in [-0.2, -0.15) is 0 Å². The zero-order chi connectivity index (χ0) is 19.4. The fourth-order valence-electron chi connectivity index (χ4n) is 5.04. The van der Waals surface area contributed by atoms with Crippen LogP contribution in [0.5, 0.6) is 11.5 Å². The number of hydrogen-bond donors (Lipinski definition) is 1. The van der Waals surface area contributed by atoms with E-state index in [1.54, 1.807) is 0 Å². The Morgan fingerprint density at radius 3 is 2.60 bits per heavy atom. The minimum Gasteiger partial charge on any atom is -0.490 e. The van der Waals surface area contributed by atoms with Crippen molar-refractivity contribution in [3.8, 4) is 11.5 Å². The Bertz CT molecular complexity index is 1050. The van der Waals surface area contributed by atoms with Crippen molar-refractivity contribution in [3.05, 3.63) is 59.9 Å². The molecule has 0 spiro atoms. The molecule has 2 aromatic carbocycles. The molecule has 3 aliphatic heterocycles. The summed E-state index contributed by atoms with van der Waals surface area (Å²) in [5.41, 5.74) is 1.80. The first kappa shape index (κ1) is 19.5. The lowest BCUT2D eigenvalue weighted by molar-refractivity contribution is -0.137. The van der Waals surface area contributed by atoms with Gasteiger partial charge in [0.1, 0.15) is 34.9 Å². The first-order valence-electron chi connectivity index (χ1n) is 10.5. The van der Waals surface area contributed by atoms with Gasteiger partial charge in [0.05, 0.1) is 0 Å². The normalized spacial score (nSPS) is 27.3. The highest BCUT2D eigenvalue weighted by Gasteiger charge is 2.35. The number of rotatable bonds is 3. The number of hydrogen-bond acceptors (Lipinski definition) is 5. The molecule has 2 bridgehead atoms. The predicted octanol–water partition coefficient (Wildman–Crippen LogP) is 4.76. The van der Waals surface area contributed by atoms with Crippen molar-refractivity contribution < 1.29 is 18.7 Å². The molecule has 0 saturated carbocycles. The maximum atomic E-state index is 12.7. The lowest BCUT2D eigenvalue weighted by Gasteiger charge is -2.30. The third kappa shape index (κ3) is 3.46. The van der Waals surface area contributed by atoms with E-state index in [9.17, 15) is 4.79 Å². The van der Waals surface area contributed by atoms with Crippen molar-refractivity contribution in [2.75, 3.05) is 0 Å². The molecule has 5 nitrogen and oxygen atoms in total. The quantitative estimate of drug-likeness (QED) is 0.484. The van der Waals surface area contributed by atoms with Crippen LogP contribution in [-0.4, -0.2) is 24.2 Å². The van der Waals surface area contributed by atoms with Gasteiger partial charge in [-0.3, -0.25) is 4.79 Å². The van der Waals surface area contributed by atoms with E-state index in [0.29, 0.717) is 30.0 Å². The van der Waals surface area contributed by atoms with E-state index in [0.717, 1.165) is 35.1 Å². The number of benzene rings is 2. The van der Waals surface area contributed by atoms with Gasteiger partial charge in [-0.15, -0.1) is 12.4 Å². The van der Waals surface area contributed by atoms with Crippen LogP contribution in [-0.2, 0) is 11.2 Å². The maximum Gasteiger partial charge on any atom is 0.322 e. The van der Waals surface area contributed by atoms with Crippen LogP contribution < -0.4 is 14.8 Å². The summed E-state index contributed by atoms with van der Waals surface area (Å²) in [6, 6.07) is 16.8. The average Bonchev–Trinajstić information content (AvgIpc) is 3.30. The molecule has 3 aromatic rings. The van der Waals surface area contributed by atoms with Gasteiger partial charge in [-0.05, 0) is 55.9 Å². The molecule has 30 heavy (non-hydrogen) atoms. The van der Waals surface area contributed by atoms with E-state index < -0.39 is 5.92 Å². The lowest BCUT2D eigenvalue weighted by atomic mass is 9.93. The van der Waals surface area contributed by atoms with Gasteiger partial charge >= 0.3 is 5.97 Å². The molecule has 3 aliphatic rings. The van der Waals surface area contributed by atoms with E-state index in [1.807, 2.05) is 48.5 Å². The first-order valence-corrected chi connectivity index (χ1v) is 10.5. The van der Waals surface area contributed by atoms with Crippen molar-refractivity contribution in [3.63, 3.8) is 0 Å². The molecule has 0 radical (unpaired) electrons. The van der Waals surface area contributed by atoms with Crippen molar-refractivity contribution in [2.24, 2.45) is 0 Å². The number of furan rings is 1. The summed E-state index contributed by atoms with van der Waals surface area (Å²) >= 11 is 0. The Morgan fingerprint density at radius 1 is 1.00 bits per heavy atom. The predicted molar refractivity (Wildman–Crippen MR) is 116 cm³/mol. The van der Waals surface area contributed by atoms with Gasteiger partial charge in [-0.25, -0.2) is 0 Å². The number of carbonyl (C=O) groups excluding carboxylic acids is 1. The monoisotopic (exact) mass is 425 g/mol. The SMILES string of the molecule is Cl.O=C1Oc2cc(OC3CC4CCC(C3)N4)ccc2CC1c1cc2ccccc2o1. The maximum absolute atomic E-state index is 12.7. The summed E-state index contributed by atoms with van der Waals surface area (Å²) in [6.45, 7) is 0. The van der Waals surface area contributed by atoms with Gasteiger partial charge in [0.2, 0.25) is 0 Å². The van der Waals surface area contributed by atoms with Crippen molar-refractivity contribution in [2.45, 2.75) is 56.2 Å². The third-order valence-corrected chi connectivity index (χ3v) is 6.48. The van der Waals surface area contributed by atoms with Crippen LogP contribution in [0.2, 0.25) is 0 Å². The van der Waals surface area contributed by atoms with Crippen LogP contribution in [0.1, 0.15) is 42.9 Å². The molecule has 2 fully saturated rings. The third-order valence-electron chi connectivity index (χ3n) is 6.48. The average molecular weight is 426 g/mol. The molecule has 3 atom stereocenters. The second-order valence-corrected chi connectivity index (χ2v) is 8.48. The smallest absolute Gasteiger partial charge is 0.322 e. The number of para-hydroxylation sites is 1. The Balaban J connectivity index is 0.00000193. The number of ether oxygens (including phenoxy) is 2. The number of piperidine rings is 1. The molecule has 4 heterocycles. The highest BCUT2D eigenvalue weighted by Crippen LogP contribution is 2.38. The highest BCUT2D eigenvalue weighted by molar-refractivity contribution is 5.86. The minimum absolute atomic E-state index is 0. The van der Waals surface area contributed by atoms with Crippen LogP contribution >= 0.6 is 12.4 Å². The summed E-state index contributed by atoms with van der Waals surface area (Å²) in [5, 5.41) is 4.63. The second kappa shape index (κ2) is 7.64. The summed E-state index contributed by atoms with van der Waals surface area (Å²) in [4.78, 5) is 12.7. The van der Waals surface area contributed by atoms with Crippen molar-refractivity contribution in [1.82, 2.24) is 5.32 Å². The molecule has 6 rings (SSSR count).